The summed E-state index contributed by atoms with van der Waals surface area (Å²) in [5.41, 5.74) is 0. The van der Waals surface area contributed by atoms with Crippen molar-refractivity contribution in [2.24, 2.45) is 0 Å². The van der Waals surface area contributed by atoms with E-state index in [0.717, 1.165) is 24.5 Å². The molecule has 0 fully saturated rings. The fraction of sp³-hybridized carbons (Fsp3) is 0.286. The number of ether oxygens (including phenoxy) is 1. The van der Waals surface area contributed by atoms with Crippen molar-refractivity contribution in [1.29, 1.82) is 0 Å². The van der Waals surface area contributed by atoms with Crippen molar-refractivity contribution < 1.29 is 4.74 Å². The highest BCUT2D eigenvalue weighted by molar-refractivity contribution is 6.29. The summed E-state index contributed by atoms with van der Waals surface area (Å²) < 4.78 is 5.59. The first-order valence-corrected chi connectivity index (χ1v) is 6.55. The third-order valence-corrected chi connectivity index (χ3v) is 2.64. The van der Waals surface area contributed by atoms with Crippen molar-refractivity contribution in [3.8, 4) is 5.75 Å². The summed E-state index contributed by atoms with van der Waals surface area (Å²) in [5.74, 6) is 2.30. The molecule has 0 aliphatic rings. The molecule has 19 heavy (non-hydrogen) atoms. The number of nitrogens with zero attached hydrogens (tertiary/aromatic N) is 2. The molecule has 1 aromatic carbocycles. The van der Waals surface area contributed by atoms with Crippen LogP contribution in [0.2, 0.25) is 5.15 Å². The van der Waals surface area contributed by atoms with Crippen molar-refractivity contribution in [3.63, 3.8) is 0 Å². The van der Waals surface area contributed by atoms with Gasteiger partial charge in [-0.25, -0.2) is 9.97 Å². The number of hydrogen-bond donors (Lipinski definition) is 1. The molecule has 2 rings (SSSR count). The molecule has 0 unspecified atom stereocenters. The molecule has 1 heterocycles. The Morgan fingerprint density at radius 1 is 1.21 bits per heavy atom. The molecular formula is C14H16ClN3O. The quantitative estimate of drug-likeness (QED) is 0.650. The van der Waals surface area contributed by atoms with Crippen LogP contribution in [0, 0.1) is 6.92 Å². The highest BCUT2D eigenvalue weighted by Crippen LogP contribution is 2.11. The number of nitrogens with one attached hydrogen (secondary N) is 1. The lowest BCUT2D eigenvalue weighted by Crippen LogP contribution is -2.09. The van der Waals surface area contributed by atoms with E-state index in [4.69, 9.17) is 16.3 Å². The number of anilines is 1. The van der Waals surface area contributed by atoms with Crippen molar-refractivity contribution in [2.75, 3.05) is 18.5 Å². The monoisotopic (exact) mass is 277 g/mol. The molecule has 0 radical (unpaired) electrons. The van der Waals surface area contributed by atoms with Crippen molar-refractivity contribution >= 4 is 17.4 Å². The molecule has 0 aliphatic carbocycles. The van der Waals surface area contributed by atoms with Crippen molar-refractivity contribution in [2.45, 2.75) is 13.3 Å². The summed E-state index contributed by atoms with van der Waals surface area (Å²) in [5, 5.41) is 3.65. The summed E-state index contributed by atoms with van der Waals surface area (Å²) in [6.45, 7) is 3.25. The van der Waals surface area contributed by atoms with E-state index in [1.54, 1.807) is 6.07 Å². The second-order valence-electron chi connectivity index (χ2n) is 4.06. The normalized spacial score (nSPS) is 10.2. The number of halogens is 1. The van der Waals surface area contributed by atoms with Gasteiger partial charge >= 0.3 is 0 Å². The fourth-order valence-corrected chi connectivity index (χ4v) is 1.84. The predicted octanol–water partition coefficient (Wildman–Crippen LogP) is 3.32. The van der Waals surface area contributed by atoms with Gasteiger partial charge in [0.15, 0.2) is 0 Å². The second kappa shape index (κ2) is 6.95. The Hall–Kier alpha value is -1.81. The molecule has 1 aromatic heterocycles. The predicted molar refractivity (Wildman–Crippen MR) is 76.8 cm³/mol. The second-order valence-corrected chi connectivity index (χ2v) is 4.45. The van der Waals surface area contributed by atoms with Crippen LogP contribution in [0.1, 0.15) is 12.2 Å². The van der Waals surface area contributed by atoms with Crippen LogP contribution < -0.4 is 10.1 Å². The number of aryl methyl sites for hydroxylation is 1. The Balaban J connectivity index is 1.69. The van der Waals surface area contributed by atoms with E-state index in [-0.39, 0.29) is 0 Å². The van der Waals surface area contributed by atoms with E-state index < -0.39 is 0 Å². The number of aromatic nitrogens is 2. The summed E-state index contributed by atoms with van der Waals surface area (Å²) in [6.07, 6.45) is 0.884. The molecule has 0 saturated heterocycles. The Kier molecular flexibility index (Phi) is 4.98. The van der Waals surface area contributed by atoms with Gasteiger partial charge in [-0.1, -0.05) is 29.8 Å². The summed E-state index contributed by atoms with van der Waals surface area (Å²) in [6, 6.07) is 11.5. The largest absolute Gasteiger partial charge is 0.494 e. The zero-order valence-electron chi connectivity index (χ0n) is 10.8. The molecule has 0 atom stereocenters. The van der Waals surface area contributed by atoms with Crippen LogP contribution in [0.4, 0.5) is 5.82 Å². The Bertz CT molecular complexity index is 499. The lowest BCUT2D eigenvalue weighted by molar-refractivity contribution is 0.315. The SMILES string of the molecule is Cc1nc(Cl)cc(NCCCOc2ccccc2)n1. The van der Waals surface area contributed by atoms with Gasteiger partial charge in [0.2, 0.25) is 0 Å². The molecule has 0 spiro atoms. The summed E-state index contributed by atoms with van der Waals surface area (Å²) in [7, 11) is 0. The molecule has 2 aromatic rings. The molecular weight excluding hydrogens is 262 g/mol. The van der Waals surface area contributed by atoms with E-state index in [1.807, 2.05) is 37.3 Å². The fourth-order valence-electron chi connectivity index (χ4n) is 1.62. The molecule has 1 N–H and O–H groups in total. The van der Waals surface area contributed by atoms with Crippen LogP contribution in [0.15, 0.2) is 36.4 Å². The standard InChI is InChI=1S/C14H16ClN3O/c1-11-17-13(15)10-14(18-11)16-8-5-9-19-12-6-3-2-4-7-12/h2-4,6-7,10H,5,8-9H2,1H3,(H,16,17,18). The van der Waals surface area contributed by atoms with Gasteiger partial charge in [-0.2, -0.15) is 0 Å². The molecule has 0 bridgehead atoms. The van der Waals surface area contributed by atoms with Crippen LogP contribution in [0.5, 0.6) is 5.75 Å². The maximum Gasteiger partial charge on any atom is 0.134 e. The van der Waals surface area contributed by atoms with E-state index >= 15 is 0 Å². The molecule has 4 nitrogen and oxygen atoms in total. The van der Waals surface area contributed by atoms with E-state index in [0.29, 0.717) is 17.6 Å². The Morgan fingerprint density at radius 2 is 2.00 bits per heavy atom. The maximum atomic E-state index is 5.85. The maximum absolute atomic E-state index is 5.85. The smallest absolute Gasteiger partial charge is 0.134 e. The highest BCUT2D eigenvalue weighted by atomic mass is 35.5. The lowest BCUT2D eigenvalue weighted by atomic mass is 10.3. The van der Waals surface area contributed by atoms with Gasteiger partial charge in [-0.05, 0) is 25.5 Å². The number of para-hydroxylation sites is 1. The van der Waals surface area contributed by atoms with Crippen molar-refractivity contribution in [1.82, 2.24) is 9.97 Å². The van der Waals surface area contributed by atoms with Gasteiger partial charge in [0.25, 0.3) is 0 Å². The molecule has 5 heteroatoms. The Morgan fingerprint density at radius 3 is 2.74 bits per heavy atom. The molecule has 100 valence electrons. The first-order valence-electron chi connectivity index (χ1n) is 6.17. The van der Waals surface area contributed by atoms with E-state index in [1.165, 1.54) is 0 Å². The van der Waals surface area contributed by atoms with Crippen LogP contribution in [0.3, 0.4) is 0 Å². The van der Waals surface area contributed by atoms with Crippen LogP contribution in [0.25, 0.3) is 0 Å². The molecule has 0 aliphatic heterocycles. The van der Waals surface area contributed by atoms with Crippen LogP contribution in [-0.4, -0.2) is 23.1 Å². The van der Waals surface area contributed by atoms with Crippen molar-refractivity contribution in [3.05, 3.63) is 47.4 Å². The third-order valence-electron chi connectivity index (χ3n) is 2.45. The first-order chi connectivity index (χ1) is 9.24. The zero-order valence-corrected chi connectivity index (χ0v) is 11.5. The van der Waals surface area contributed by atoms with Gasteiger partial charge < -0.3 is 10.1 Å². The third kappa shape index (κ3) is 4.75. The minimum Gasteiger partial charge on any atom is -0.494 e. The minimum atomic E-state index is 0.454. The average Bonchev–Trinajstić information content (AvgIpc) is 2.38. The number of rotatable bonds is 6. The van der Waals surface area contributed by atoms with Gasteiger partial charge in [0.05, 0.1) is 6.61 Å². The lowest BCUT2D eigenvalue weighted by Gasteiger charge is -2.08. The topological polar surface area (TPSA) is 47.0 Å². The molecule has 0 saturated carbocycles. The van der Waals surface area contributed by atoms with E-state index in [9.17, 15) is 0 Å². The van der Waals surface area contributed by atoms with Gasteiger partial charge in [0, 0.05) is 12.6 Å². The number of hydrogen-bond acceptors (Lipinski definition) is 4. The van der Waals surface area contributed by atoms with E-state index in [2.05, 4.69) is 15.3 Å². The van der Waals surface area contributed by atoms with Crippen LogP contribution in [-0.2, 0) is 0 Å². The minimum absolute atomic E-state index is 0.454. The van der Waals surface area contributed by atoms with Gasteiger partial charge in [-0.3, -0.25) is 0 Å². The highest BCUT2D eigenvalue weighted by Gasteiger charge is 1.99. The summed E-state index contributed by atoms with van der Waals surface area (Å²) in [4.78, 5) is 8.25. The molecule has 0 amide bonds. The Labute approximate surface area is 117 Å². The van der Waals surface area contributed by atoms with Crippen LogP contribution >= 0.6 is 11.6 Å². The average molecular weight is 278 g/mol. The first kappa shape index (κ1) is 13.6. The van der Waals surface area contributed by atoms with Gasteiger partial charge in [0.1, 0.15) is 22.5 Å². The zero-order chi connectivity index (χ0) is 13.5. The summed E-state index contributed by atoms with van der Waals surface area (Å²) >= 11 is 5.85. The van der Waals surface area contributed by atoms with Gasteiger partial charge in [-0.15, -0.1) is 0 Å². The number of benzene rings is 1.